The van der Waals surface area contributed by atoms with Crippen molar-refractivity contribution in [1.29, 1.82) is 0 Å². The van der Waals surface area contributed by atoms with Crippen LogP contribution in [0.25, 0.3) is 0 Å². The van der Waals surface area contributed by atoms with E-state index in [9.17, 15) is 14.7 Å². The van der Waals surface area contributed by atoms with Crippen LogP contribution < -0.4 is 0 Å². The maximum absolute atomic E-state index is 12.4. The molecular formula is C13H14BrNO4. The lowest BCUT2D eigenvalue weighted by Gasteiger charge is -2.22. The highest BCUT2D eigenvalue weighted by Gasteiger charge is 2.39. The summed E-state index contributed by atoms with van der Waals surface area (Å²) in [4.78, 5) is 24.7. The van der Waals surface area contributed by atoms with Crippen molar-refractivity contribution in [2.75, 3.05) is 6.54 Å². The van der Waals surface area contributed by atoms with Crippen LogP contribution in [0.1, 0.15) is 22.3 Å². The Morgan fingerprint density at radius 1 is 1.42 bits per heavy atom. The predicted octanol–water partition coefficient (Wildman–Crippen LogP) is 1.42. The van der Waals surface area contributed by atoms with E-state index in [1.54, 1.807) is 25.1 Å². The van der Waals surface area contributed by atoms with Crippen LogP contribution in [0.4, 0.5) is 0 Å². The fraction of sp³-hybridized carbons (Fsp3) is 0.385. The number of hydrogen-bond acceptors (Lipinski definition) is 3. The van der Waals surface area contributed by atoms with E-state index in [-0.39, 0.29) is 18.9 Å². The number of carbonyl (C=O) groups excluding carboxylic acids is 1. The highest BCUT2D eigenvalue weighted by Crippen LogP contribution is 2.23. The molecule has 1 amide bonds. The molecule has 5 nitrogen and oxygen atoms in total. The number of amides is 1. The lowest BCUT2D eigenvalue weighted by Crippen LogP contribution is -2.40. The molecule has 1 aliphatic heterocycles. The number of carboxylic acid groups (broad SMARTS) is 1. The monoisotopic (exact) mass is 327 g/mol. The topological polar surface area (TPSA) is 77.8 Å². The largest absolute Gasteiger partial charge is 0.480 e. The molecule has 1 saturated heterocycles. The molecular weight excluding hydrogens is 314 g/mol. The smallest absolute Gasteiger partial charge is 0.326 e. The Bertz CT molecular complexity index is 531. The van der Waals surface area contributed by atoms with Crippen molar-refractivity contribution in [2.24, 2.45) is 0 Å². The molecule has 0 saturated carbocycles. The molecule has 0 bridgehead atoms. The van der Waals surface area contributed by atoms with Crippen LogP contribution in [0.2, 0.25) is 0 Å². The Balaban J connectivity index is 2.30. The fourth-order valence-corrected chi connectivity index (χ4v) is 2.77. The van der Waals surface area contributed by atoms with Crippen molar-refractivity contribution >= 4 is 27.8 Å². The molecule has 1 aliphatic rings. The first kappa shape index (κ1) is 14.0. The van der Waals surface area contributed by atoms with E-state index in [1.165, 1.54) is 4.90 Å². The molecule has 19 heavy (non-hydrogen) atoms. The molecule has 0 unspecified atom stereocenters. The van der Waals surface area contributed by atoms with Crippen LogP contribution >= 0.6 is 15.9 Å². The zero-order valence-corrected chi connectivity index (χ0v) is 11.9. The van der Waals surface area contributed by atoms with Gasteiger partial charge in [-0.25, -0.2) is 4.79 Å². The van der Waals surface area contributed by atoms with Gasteiger partial charge in [0.15, 0.2) is 0 Å². The van der Waals surface area contributed by atoms with Gasteiger partial charge in [0.2, 0.25) is 0 Å². The van der Waals surface area contributed by atoms with E-state index in [0.717, 1.165) is 10.0 Å². The van der Waals surface area contributed by atoms with Gasteiger partial charge in [-0.1, -0.05) is 15.9 Å². The van der Waals surface area contributed by atoms with E-state index in [4.69, 9.17) is 5.11 Å². The Kier molecular flexibility index (Phi) is 3.91. The second-order valence-corrected chi connectivity index (χ2v) is 5.58. The Morgan fingerprint density at radius 2 is 2.11 bits per heavy atom. The van der Waals surface area contributed by atoms with Crippen LogP contribution in [0.5, 0.6) is 0 Å². The van der Waals surface area contributed by atoms with Gasteiger partial charge in [-0.05, 0) is 30.7 Å². The number of β-amino-alcohol motifs (C(OH)–C–C–N with tert-alkyl or cyclic N) is 1. The number of aliphatic hydroxyl groups is 1. The second-order valence-electron chi connectivity index (χ2n) is 4.66. The molecule has 0 radical (unpaired) electrons. The van der Waals surface area contributed by atoms with Crippen molar-refractivity contribution in [3.8, 4) is 0 Å². The third-order valence-electron chi connectivity index (χ3n) is 3.24. The van der Waals surface area contributed by atoms with Crippen LogP contribution in [-0.4, -0.2) is 45.7 Å². The van der Waals surface area contributed by atoms with Crippen molar-refractivity contribution in [1.82, 2.24) is 4.90 Å². The van der Waals surface area contributed by atoms with Gasteiger partial charge >= 0.3 is 5.97 Å². The Morgan fingerprint density at radius 3 is 2.68 bits per heavy atom. The summed E-state index contributed by atoms with van der Waals surface area (Å²) in [7, 11) is 0. The average molecular weight is 328 g/mol. The summed E-state index contributed by atoms with van der Waals surface area (Å²) in [5.74, 6) is -1.44. The van der Waals surface area contributed by atoms with Gasteiger partial charge in [-0.2, -0.15) is 0 Å². The first-order valence-electron chi connectivity index (χ1n) is 5.88. The van der Waals surface area contributed by atoms with E-state index in [2.05, 4.69) is 15.9 Å². The van der Waals surface area contributed by atoms with Crippen LogP contribution in [0, 0.1) is 6.92 Å². The summed E-state index contributed by atoms with van der Waals surface area (Å²) in [6.07, 6.45) is -0.697. The lowest BCUT2D eigenvalue weighted by atomic mass is 10.1. The molecule has 1 heterocycles. The predicted molar refractivity (Wildman–Crippen MR) is 72.0 cm³/mol. The average Bonchev–Trinajstić information content (AvgIpc) is 2.70. The molecule has 1 aromatic carbocycles. The zero-order chi connectivity index (χ0) is 14.2. The van der Waals surface area contributed by atoms with Crippen molar-refractivity contribution < 1.29 is 19.8 Å². The zero-order valence-electron chi connectivity index (χ0n) is 10.3. The molecule has 2 atom stereocenters. The van der Waals surface area contributed by atoms with Crippen LogP contribution in [0.15, 0.2) is 22.7 Å². The molecule has 102 valence electrons. The maximum atomic E-state index is 12.4. The third kappa shape index (κ3) is 2.79. The SMILES string of the molecule is Cc1cc(Br)ccc1C(=O)N1C[C@@H](O)C[C@H]1C(=O)O. The number of carboxylic acids is 1. The standard InChI is InChI=1S/C13H14BrNO4/c1-7-4-8(14)2-3-10(7)12(17)15-6-9(16)5-11(15)13(18)19/h2-4,9,11,16H,5-6H2,1H3,(H,18,19)/t9-,11-/m0/s1. The van der Waals surface area contributed by atoms with Crippen molar-refractivity contribution in [3.05, 3.63) is 33.8 Å². The highest BCUT2D eigenvalue weighted by molar-refractivity contribution is 9.10. The van der Waals surface area contributed by atoms with Gasteiger partial charge < -0.3 is 15.1 Å². The minimum absolute atomic E-state index is 0.0608. The number of benzene rings is 1. The minimum Gasteiger partial charge on any atom is -0.480 e. The van der Waals surface area contributed by atoms with Gasteiger partial charge in [-0.15, -0.1) is 0 Å². The summed E-state index contributed by atoms with van der Waals surface area (Å²) in [5.41, 5.74) is 1.23. The number of halogens is 1. The molecule has 2 rings (SSSR count). The van der Waals surface area contributed by atoms with Crippen LogP contribution in [0.3, 0.4) is 0 Å². The summed E-state index contributed by atoms with van der Waals surface area (Å²) in [6.45, 7) is 1.85. The number of aliphatic hydroxyl groups excluding tert-OH is 1. The highest BCUT2D eigenvalue weighted by atomic mass is 79.9. The van der Waals surface area contributed by atoms with Gasteiger partial charge in [0.05, 0.1) is 6.10 Å². The van der Waals surface area contributed by atoms with Crippen LogP contribution in [-0.2, 0) is 4.79 Å². The number of aliphatic carboxylic acids is 1. The van der Waals surface area contributed by atoms with Gasteiger partial charge in [0.1, 0.15) is 6.04 Å². The summed E-state index contributed by atoms with van der Waals surface area (Å²) < 4.78 is 0.859. The Hall–Kier alpha value is -1.40. The molecule has 0 aromatic heterocycles. The third-order valence-corrected chi connectivity index (χ3v) is 3.74. The van der Waals surface area contributed by atoms with E-state index in [0.29, 0.717) is 5.56 Å². The number of hydrogen-bond donors (Lipinski definition) is 2. The molecule has 0 aliphatic carbocycles. The quantitative estimate of drug-likeness (QED) is 0.861. The first-order chi connectivity index (χ1) is 8.90. The summed E-state index contributed by atoms with van der Waals surface area (Å²) in [5, 5.41) is 18.7. The van der Waals surface area contributed by atoms with Gasteiger partial charge in [0.25, 0.3) is 5.91 Å². The fourth-order valence-electron chi connectivity index (χ4n) is 2.29. The van der Waals surface area contributed by atoms with E-state index >= 15 is 0 Å². The minimum atomic E-state index is -1.08. The summed E-state index contributed by atoms with van der Waals surface area (Å²) >= 11 is 3.31. The molecule has 1 fully saturated rings. The van der Waals surface area contributed by atoms with E-state index < -0.39 is 18.1 Å². The second kappa shape index (κ2) is 5.30. The number of rotatable bonds is 2. The van der Waals surface area contributed by atoms with Crippen molar-refractivity contribution in [2.45, 2.75) is 25.5 Å². The number of aryl methyl sites for hydroxylation is 1. The Labute approximate surface area is 119 Å². The lowest BCUT2D eigenvalue weighted by molar-refractivity contribution is -0.141. The molecule has 2 N–H and O–H groups in total. The van der Waals surface area contributed by atoms with Gasteiger partial charge in [0, 0.05) is 23.0 Å². The maximum Gasteiger partial charge on any atom is 0.326 e. The number of nitrogens with zero attached hydrogens (tertiary/aromatic N) is 1. The van der Waals surface area contributed by atoms with Crippen molar-refractivity contribution in [3.63, 3.8) is 0 Å². The summed E-state index contributed by atoms with van der Waals surface area (Å²) in [6, 6.07) is 4.24. The molecule has 0 spiro atoms. The van der Waals surface area contributed by atoms with E-state index in [1.807, 2.05) is 0 Å². The van der Waals surface area contributed by atoms with Gasteiger partial charge in [-0.3, -0.25) is 4.79 Å². The number of carbonyl (C=O) groups is 2. The normalized spacial score (nSPS) is 22.6. The first-order valence-corrected chi connectivity index (χ1v) is 6.67. The molecule has 1 aromatic rings. The molecule has 6 heteroatoms. The number of likely N-dealkylation sites (tertiary alicyclic amines) is 1.